The summed E-state index contributed by atoms with van der Waals surface area (Å²) in [5.74, 6) is -0.678. The SMILES string of the molecule is COc1ncc(-c2cn3c(=O)ccnc3cn2)cc1NS(=O)(=O)c1ccc(F)cc1Cl. The van der Waals surface area contributed by atoms with Crippen LogP contribution in [-0.4, -0.2) is 34.9 Å². The molecular formula is C19H13ClFN5O4S. The summed E-state index contributed by atoms with van der Waals surface area (Å²) in [6.45, 7) is 0. The molecule has 4 aromatic rings. The van der Waals surface area contributed by atoms with Crippen molar-refractivity contribution in [3.63, 3.8) is 0 Å². The summed E-state index contributed by atoms with van der Waals surface area (Å²) in [6.07, 6.45) is 5.66. The number of benzene rings is 1. The van der Waals surface area contributed by atoms with Crippen molar-refractivity contribution in [2.24, 2.45) is 0 Å². The van der Waals surface area contributed by atoms with Gasteiger partial charge in [0.2, 0.25) is 5.88 Å². The smallest absolute Gasteiger partial charge is 0.263 e. The number of hydrogen-bond donors (Lipinski definition) is 1. The average Bonchev–Trinajstić information content (AvgIpc) is 2.73. The van der Waals surface area contributed by atoms with Crippen LogP contribution < -0.4 is 15.0 Å². The predicted octanol–water partition coefficient (Wildman–Crippen LogP) is 2.75. The van der Waals surface area contributed by atoms with Crippen LogP contribution in [0.25, 0.3) is 16.9 Å². The van der Waals surface area contributed by atoms with E-state index in [-0.39, 0.29) is 27.0 Å². The monoisotopic (exact) mass is 461 g/mol. The van der Waals surface area contributed by atoms with E-state index in [0.717, 1.165) is 18.2 Å². The molecule has 0 aliphatic carbocycles. The number of methoxy groups -OCH3 is 1. The van der Waals surface area contributed by atoms with Gasteiger partial charge in [-0.25, -0.2) is 22.8 Å². The second-order valence-corrected chi connectivity index (χ2v) is 8.30. The largest absolute Gasteiger partial charge is 0.480 e. The number of hydrogen-bond acceptors (Lipinski definition) is 7. The molecule has 0 saturated carbocycles. The van der Waals surface area contributed by atoms with E-state index < -0.39 is 15.8 Å². The summed E-state index contributed by atoms with van der Waals surface area (Å²) < 4.78 is 47.7. The quantitative estimate of drug-likeness (QED) is 0.485. The van der Waals surface area contributed by atoms with Crippen molar-refractivity contribution in [1.29, 1.82) is 0 Å². The minimum absolute atomic E-state index is 0.000761. The zero-order valence-electron chi connectivity index (χ0n) is 15.8. The van der Waals surface area contributed by atoms with Gasteiger partial charge in [-0.1, -0.05) is 11.6 Å². The first-order chi connectivity index (χ1) is 14.8. The zero-order chi connectivity index (χ0) is 22.2. The van der Waals surface area contributed by atoms with E-state index in [1.54, 1.807) is 0 Å². The van der Waals surface area contributed by atoms with Crippen molar-refractivity contribution in [1.82, 2.24) is 19.4 Å². The Balaban J connectivity index is 1.78. The molecule has 0 radical (unpaired) electrons. The molecule has 31 heavy (non-hydrogen) atoms. The highest BCUT2D eigenvalue weighted by atomic mass is 35.5. The van der Waals surface area contributed by atoms with E-state index in [1.807, 2.05) is 0 Å². The van der Waals surface area contributed by atoms with Gasteiger partial charge in [0.1, 0.15) is 16.4 Å². The number of nitrogens with one attached hydrogen (secondary N) is 1. The number of pyridine rings is 1. The van der Waals surface area contributed by atoms with Crippen LogP contribution in [-0.2, 0) is 10.0 Å². The second-order valence-electron chi connectivity index (χ2n) is 6.24. The summed E-state index contributed by atoms with van der Waals surface area (Å²) in [4.78, 5) is 24.2. The standard InChI is InChI=1S/C19H13ClFN5O4S/c1-30-19-14(25-31(28,29)16-3-2-12(21)7-13(16)20)6-11(8-24-19)15-10-26-17(9-23-15)22-5-4-18(26)27/h2-10,25H,1H3. The number of fused-ring (bicyclic) bond motifs is 1. The van der Waals surface area contributed by atoms with Crippen molar-refractivity contribution in [2.75, 3.05) is 11.8 Å². The second kappa shape index (κ2) is 7.93. The number of rotatable bonds is 5. The highest BCUT2D eigenvalue weighted by Gasteiger charge is 2.21. The molecular weight excluding hydrogens is 449 g/mol. The van der Waals surface area contributed by atoms with Gasteiger partial charge in [-0.3, -0.25) is 18.9 Å². The summed E-state index contributed by atoms with van der Waals surface area (Å²) in [6, 6.07) is 5.67. The maximum Gasteiger partial charge on any atom is 0.263 e. The molecule has 0 bridgehead atoms. The van der Waals surface area contributed by atoms with Gasteiger partial charge < -0.3 is 4.74 Å². The van der Waals surface area contributed by atoms with E-state index in [1.165, 1.54) is 48.4 Å². The molecule has 0 aliphatic heterocycles. The maximum absolute atomic E-state index is 13.3. The van der Waals surface area contributed by atoms with Crippen molar-refractivity contribution in [2.45, 2.75) is 4.90 Å². The average molecular weight is 462 g/mol. The van der Waals surface area contributed by atoms with E-state index in [0.29, 0.717) is 16.9 Å². The number of nitrogens with zero attached hydrogens (tertiary/aromatic N) is 4. The van der Waals surface area contributed by atoms with Gasteiger partial charge in [0, 0.05) is 30.2 Å². The molecule has 0 amide bonds. The first kappa shape index (κ1) is 20.7. The molecule has 0 aliphatic rings. The minimum atomic E-state index is -4.19. The van der Waals surface area contributed by atoms with Crippen molar-refractivity contribution in [3.8, 4) is 17.1 Å². The lowest BCUT2D eigenvalue weighted by molar-refractivity contribution is 0.400. The number of anilines is 1. The first-order valence-electron chi connectivity index (χ1n) is 8.64. The molecule has 0 spiro atoms. The van der Waals surface area contributed by atoms with Gasteiger partial charge >= 0.3 is 0 Å². The third kappa shape index (κ3) is 4.05. The van der Waals surface area contributed by atoms with Gasteiger partial charge in [-0.15, -0.1) is 0 Å². The zero-order valence-corrected chi connectivity index (χ0v) is 17.4. The van der Waals surface area contributed by atoms with Crippen LogP contribution in [0.4, 0.5) is 10.1 Å². The van der Waals surface area contributed by atoms with Crippen LogP contribution in [0, 0.1) is 5.82 Å². The Hall–Kier alpha value is -3.57. The molecule has 9 nitrogen and oxygen atoms in total. The van der Waals surface area contributed by atoms with Gasteiger partial charge in [-0.05, 0) is 24.3 Å². The molecule has 4 rings (SSSR count). The summed E-state index contributed by atoms with van der Waals surface area (Å²) in [5, 5.41) is -0.279. The first-order valence-corrected chi connectivity index (χ1v) is 10.5. The molecule has 3 aromatic heterocycles. The fourth-order valence-corrected chi connectivity index (χ4v) is 4.39. The summed E-state index contributed by atoms with van der Waals surface area (Å²) in [5.41, 5.74) is 0.798. The number of ether oxygens (including phenoxy) is 1. The van der Waals surface area contributed by atoms with Gasteiger partial charge in [0.05, 0.1) is 24.0 Å². The van der Waals surface area contributed by atoms with Gasteiger partial charge in [0.25, 0.3) is 15.6 Å². The van der Waals surface area contributed by atoms with E-state index >= 15 is 0 Å². The Morgan fingerprint density at radius 1 is 1.13 bits per heavy atom. The third-order valence-corrected chi connectivity index (χ3v) is 6.10. The number of halogens is 2. The van der Waals surface area contributed by atoms with Gasteiger partial charge in [0.15, 0.2) is 5.65 Å². The molecule has 1 aromatic carbocycles. The maximum atomic E-state index is 13.3. The molecule has 12 heteroatoms. The lowest BCUT2D eigenvalue weighted by atomic mass is 10.2. The molecule has 3 heterocycles. The molecule has 0 saturated heterocycles. The lowest BCUT2D eigenvalue weighted by Crippen LogP contribution is -2.15. The topological polar surface area (TPSA) is 116 Å². The van der Waals surface area contributed by atoms with Gasteiger partial charge in [-0.2, -0.15) is 0 Å². The fraction of sp³-hybridized carbons (Fsp3) is 0.0526. The van der Waals surface area contributed by atoms with Crippen LogP contribution in [0.5, 0.6) is 5.88 Å². The van der Waals surface area contributed by atoms with Crippen LogP contribution in [0.3, 0.4) is 0 Å². The Kier molecular flexibility index (Phi) is 5.29. The predicted molar refractivity (Wildman–Crippen MR) is 111 cm³/mol. The van der Waals surface area contributed by atoms with Crippen LogP contribution in [0.1, 0.15) is 0 Å². The van der Waals surface area contributed by atoms with Crippen LogP contribution in [0.2, 0.25) is 5.02 Å². The van der Waals surface area contributed by atoms with E-state index in [9.17, 15) is 17.6 Å². The molecule has 158 valence electrons. The molecule has 0 unspecified atom stereocenters. The molecule has 1 N–H and O–H groups in total. The highest BCUT2D eigenvalue weighted by molar-refractivity contribution is 7.92. The summed E-state index contributed by atoms with van der Waals surface area (Å²) in [7, 11) is -2.86. The van der Waals surface area contributed by atoms with Crippen LogP contribution in [0.15, 0.2) is 64.8 Å². The molecule has 0 fully saturated rings. The van der Waals surface area contributed by atoms with Crippen molar-refractivity contribution in [3.05, 3.63) is 76.3 Å². The number of sulfonamides is 1. The highest BCUT2D eigenvalue weighted by Crippen LogP contribution is 2.31. The number of aromatic nitrogens is 4. The van der Waals surface area contributed by atoms with E-state index in [4.69, 9.17) is 16.3 Å². The van der Waals surface area contributed by atoms with Crippen molar-refractivity contribution < 1.29 is 17.5 Å². The lowest BCUT2D eigenvalue weighted by Gasteiger charge is -2.13. The summed E-state index contributed by atoms with van der Waals surface area (Å²) >= 11 is 5.90. The van der Waals surface area contributed by atoms with E-state index in [2.05, 4.69) is 19.7 Å². The van der Waals surface area contributed by atoms with Crippen molar-refractivity contribution >= 4 is 33.0 Å². The Labute approximate surface area is 180 Å². The Morgan fingerprint density at radius 3 is 2.68 bits per heavy atom. The van der Waals surface area contributed by atoms with Crippen LogP contribution >= 0.6 is 11.6 Å². The normalized spacial score (nSPS) is 11.5. The molecule has 0 atom stereocenters. The third-order valence-electron chi connectivity index (χ3n) is 4.25. The Morgan fingerprint density at radius 2 is 1.94 bits per heavy atom. The fourth-order valence-electron chi connectivity index (χ4n) is 2.81. The minimum Gasteiger partial charge on any atom is -0.480 e. The Bertz CT molecular complexity index is 1480.